The molecule has 0 aliphatic carbocycles. The van der Waals surface area contributed by atoms with Crippen LogP contribution in [0.25, 0.3) is 0 Å². The third-order valence-corrected chi connectivity index (χ3v) is 1.94. The quantitative estimate of drug-likeness (QED) is 0.549. The third-order valence-electron chi connectivity index (χ3n) is 1.94. The Morgan fingerprint density at radius 2 is 1.82 bits per heavy atom. The lowest BCUT2D eigenvalue weighted by Crippen LogP contribution is -2.27. The van der Waals surface area contributed by atoms with Gasteiger partial charge in [0, 0.05) is 26.1 Å². The summed E-state index contributed by atoms with van der Waals surface area (Å²) >= 11 is 0. The van der Waals surface area contributed by atoms with Gasteiger partial charge in [-0.05, 0) is 12.8 Å². The summed E-state index contributed by atoms with van der Waals surface area (Å²) in [5, 5.41) is 0. The highest BCUT2D eigenvalue weighted by Crippen LogP contribution is 2.15. The van der Waals surface area contributed by atoms with Crippen molar-refractivity contribution >= 4 is 11.6 Å². The average molecular weight is 156 g/mol. The van der Waals surface area contributed by atoms with Crippen molar-refractivity contribution in [3.63, 3.8) is 0 Å². The Labute approximate surface area is 65.7 Å². The van der Waals surface area contributed by atoms with Gasteiger partial charge in [-0.2, -0.15) is 0 Å². The van der Waals surface area contributed by atoms with E-state index in [4.69, 9.17) is 4.74 Å². The lowest BCUT2D eigenvalue weighted by atomic mass is 9.93. The first-order valence-electron chi connectivity index (χ1n) is 3.84. The van der Waals surface area contributed by atoms with E-state index in [-0.39, 0.29) is 17.5 Å². The Morgan fingerprint density at radius 3 is 2.27 bits per heavy atom. The van der Waals surface area contributed by atoms with E-state index in [0.717, 1.165) is 0 Å². The van der Waals surface area contributed by atoms with Crippen LogP contribution in [-0.4, -0.2) is 24.8 Å². The Hall–Kier alpha value is -0.700. The molecule has 0 aromatic heterocycles. The Balaban J connectivity index is 2.45. The second-order valence-corrected chi connectivity index (χ2v) is 2.81. The fourth-order valence-electron chi connectivity index (χ4n) is 1.25. The largest absolute Gasteiger partial charge is 0.381 e. The minimum Gasteiger partial charge on any atom is -0.381 e. The van der Waals surface area contributed by atoms with E-state index < -0.39 is 0 Å². The van der Waals surface area contributed by atoms with Gasteiger partial charge in [0.15, 0.2) is 5.78 Å². The molecule has 3 nitrogen and oxygen atoms in total. The van der Waals surface area contributed by atoms with Gasteiger partial charge in [-0.1, -0.05) is 0 Å². The normalized spacial score (nSPS) is 19.7. The maximum Gasteiger partial charge on any atom is 0.201 e. The monoisotopic (exact) mass is 156 g/mol. The molecule has 0 saturated carbocycles. The number of carbonyl (C=O) groups is 2. The van der Waals surface area contributed by atoms with Crippen LogP contribution in [0.15, 0.2) is 0 Å². The van der Waals surface area contributed by atoms with Gasteiger partial charge in [0.1, 0.15) is 0 Å². The summed E-state index contributed by atoms with van der Waals surface area (Å²) < 4.78 is 5.07. The summed E-state index contributed by atoms with van der Waals surface area (Å²) in [5.41, 5.74) is 0. The second-order valence-electron chi connectivity index (χ2n) is 2.81. The molecule has 0 N–H and O–H groups in total. The van der Waals surface area contributed by atoms with Crippen LogP contribution in [0.2, 0.25) is 0 Å². The van der Waals surface area contributed by atoms with E-state index in [0.29, 0.717) is 26.1 Å². The maximum absolute atomic E-state index is 11.1. The molecule has 0 radical (unpaired) electrons. The number of hydrogen-bond acceptors (Lipinski definition) is 3. The van der Waals surface area contributed by atoms with Crippen LogP contribution in [-0.2, 0) is 14.3 Å². The first-order valence-corrected chi connectivity index (χ1v) is 3.84. The smallest absolute Gasteiger partial charge is 0.201 e. The molecule has 1 aliphatic rings. The third kappa shape index (κ3) is 2.12. The molecule has 1 aliphatic heterocycles. The summed E-state index contributed by atoms with van der Waals surface area (Å²) in [6, 6.07) is 0. The lowest BCUT2D eigenvalue weighted by molar-refractivity contribution is -0.139. The summed E-state index contributed by atoms with van der Waals surface area (Å²) in [6.45, 7) is 2.56. The van der Waals surface area contributed by atoms with Crippen LogP contribution in [0.5, 0.6) is 0 Å². The topological polar surface area (TPSA) is 43.4 Å². The van der Waals surface area contributed by atoms with Gasteiger partial charge >= 0.3 is 0 Å². The molecule has 0 aromatic rings. The fraction of sp³-hybridized carbons (Fsp3) is 0.750. The highest BCUT2D eigenvalue weighted by molar-refractivity contribution is 6.37. The van der Waals surface area contributed by atoms with Gasteiger partial charge in [0.05, 0.1) is 0 Å². The highest BCUT2D eigenvalue weighted by atomic mass is 16.5. The van der Waals surface area contributed by atoms with Gasteiger partial charge in [0.25, 0.3) is 0 Å². The number of ether oxygens (including phenoxy) is 1. The molecular weight excluding hydrogens is 144 g/mol. The highest BCUT2D eigenvalue weighted by Gasteiger charge is 2.23. The molecule has 1 fully saturated rings. The SMILES string of the molecule is CC(=O)C(=O)C1CCOCC1. The van der Waals surface area contributed by atoms with Gasteiger partial charge in [0.2, 0.25) is 5.78 Å². The Morgan fingerprint density at radius 1 is 1.27 bits per heavy atom. The Bertz CT molecular complexity index is 168. The van der Waals surface area contributed by atoms with E-state index in [1.54, 1.807) is 0 Å². The van der Waals surface area contributed by atoms with E-state index in [1.807, 2.05) is 0 Å². The van der Waals surface area contributed by atoms with Crippen LogP contribution < -0.4 is 0 Å². The van der Waals surface area contributed by atoms with Gasteiger partial charge in [-0.25, -0.2) is 0 Å². The molecule has 1 heterocycles. The number of ketones is 2. The van der Waals surface area contributed by atoms with Crippen molar-refractivity contribution in [3.8, 4) is 0 Å². The second kappa shape index (κ2) is 3.62. The van der Waals surface area contributed by atoms with Gasteiger partial charge in [-0.3, -0.25) is 9.59 Å². The first kappa shape index (κ1) is 8.40. The van der Waals surface area contributed by atoms with Crippen molar-refractivity contribution in [1.29, 1.82) is 0 Å². The zero-order valence-corrected chi connectivity index (χ0v) is 6.63. The van der Waals surface area contributed by atoms with E-state index >= 15 is 0 Å². The minimum atomic E-state index is -0.322. The van der Waals surface area contributed by atoms with Crippen LogP contribution in [0.3, 0.4) is 0 Å². The Kier molecular flexibility index (Phi) is 2.76. The zero-order valence-electron chi connectivity index (χ0n) is 6.63. The predicted octanol–water partition coefficient (Wildman–Crippen LogP) is 0.571. The van der Waals surface area contributed by atoms with Crippen molar-refractivity contribution in [3.05, 3.63) is 0 Å². The van der Waals surface area contributed by atoms with Crippen molar-refractivity contribution in [2.45, 2.75) is 19.8 Å². The molecule has 1 saturated heterocycles. The summed E-state index contributed by atoms with van der Waals surface area (Å²) in [7, 11) is 0. The molecule has 0 aromatic carbocycles. The number of Topliss-reactive ketones (excluding diaryl/α,β-unsaturated/α-hetero) is 2. The van der Waals surface area contributed by atoms with E-state index in [2.05, 4.69) is 0 Å². The number of rotatable bonds is 2. The van der Waals surface area contributed by atoms with Crippen LogP contribution in [0.1, 0.15) is 19.8 Å². The molecule has 0 spiro atoms. The van der Waals surface area contributed by atoms with E-state index in [9.17, 15) is 9.59 Å². The first-order chi connectivity index (χ1) is 5.22. The van der Waals surface area contributed by atoms with Crippen molar-refractivity contribution in [2.75, 3.05) is 13.2 Å². The zero-order chi connectivity index (χ0) is 8.27. The molecule has 11 heavy (non-hydrogen) atoms. The summed E-state index contributed by atoms with van der Waals surface area (Å²) in [4.78, 5) is 21.7. The lowest BCUT2D eigenvalue weighted by Gasteiger charge is -2.19. The number of carbonyl (C=O) groups excluding carboxylic acids is 2. The number of hydrogen-bond donors (Lipinski definition) is 0. The maximum atomic E-state index is 11.1. The molecule has 1 rings (SSSR count). The molecular formula is C8H12O3. The van der Waals surface area contributed by atoms with Crippen LogP contribution in [0.4, 0.5) is 0 Å². The molecule has 0 unspecified atom stereocenters. The molecule has 3 heteroatoms. The average Bonchev–Trinajstić information content (AvgIpc) is 2.05. The standard InChI is InChI=1S/C8H12O3/c1-6(9)8(10)7-2-4-11-5-3-7/h7H,2-5H2,1H3. The predicted molar refractivity (Wildman–Crippen MR) is 39.2 cm³/mol. The molecule has 0 amide bonds. The summed E-state index contributed by atoms with van der Waals surface area (Å²) in [6.07, 6.45) is 1.41. The fourth-order valence-corrected chi connectivity index (χ4v) is 1.25. The van der Waals surface area contributed by atoms with Crippen LogP contribution >= 0.6 is 0 Å². The van der Waals surface area contributed by atoms with Crippen molar-refractivity contribution in [2.24, 2.45) is 5.92 Å². The minimum absolute atomic E-state index is 0.0683. The summed E-state index contributed by atoms with van der Waals surface area (Å²) in [5.74, 6) is -0.619. The van der Waals surface area contributed by atoms with Crippen LogP contribution in [0, 0.1) is 5.92 Å². The van der Waals surface area contributed by atoms with E-state index in [1.165, 1.54) is 6.92 Å². The molecule has 62 valence electrons. The molecule has 0 bridgehead atoms. The molecule has 0 atom stereocenters. The van der Waals surface area contributed by atoms with Gasteiger partial charge in [-0.15, -0.1) is 0 Å². The van der Waals surface area contributed by atoms with Crippen molar-refractivity contribution in [1.82, 2.24) is 0 Å². The van der Waals surface area contributed by atoms with Gasteiger partial charge < -0.3 is 4.74 Å². The van der Waals surface area contributed by atoms with Crippen molar-refractivity contribution < 1.29 is 14.3 Å².